The van der Waals surface area contributed by atoms with Gasteiger partial charge in [0.1, 0.15) is 0 Å². The van der Waals surface area contributed by atoms with Crippen LogP contribution >= 0.6 is 0 Å². The Balaban J connectivity index is 2.19. The van der Waals surface area contributed by atoms with E-state index < -0.39 is 16.1 Å². The minimum Gasteiger partial charge on any atom is -0.389 e. The van der Waals surface area contributed by atoms with Crippen LogP contribution in [-0.2, 0) is 16.6 Å². The number of hydrogen-bond donors (Lipinski definition) is 2. The number of sulfonamides is 1. The molecule has 0 saturated carbocycles. The van der Waals surface area contributed by atoms with Gasteiger partial charge in [-0.3, -0.25) is 4.98 Å². The molecule has 1 heterocycles. The van der Waals surface area contributed by atoms with Crippen molar-refractivity contribution in [2.24, 2.45) is 0 Å². The summed E-state index contributed by atoms with van der Waals surface area (Å²) in [5, 5.41) is 9.53. The lowest BCUT2D eigenvalue weighted by Gasteiger charge is -2.10. The summed E-state index contributed by atoms with van der Waals surface area (Å²) in [5.41, 5.74) is 2.37. The number of nitrogens with zero attached hydrogens (tertiary/aromatic N) is 1. The van der Waals surface area contributed by atoms with Gasteiger partial charge in [0, 0.05) is 18.9 Å². The predicted molar refractivity (Wildman–Crippen MR) is 80.1 cm³/mol. The van der Waals surface area contributed by atoms with E-state index >= 15 is 0 Å². The van der Waals surface area contributed by atoms with E-state index in [9.17, 15) is 13.5 Å². The normalized spacial score (nSPS) is 13.1. The monoisotopic (exact) mass is 306 g/mol. The topological polar surface area (TPSA) is 79.3 Å². The van der Waals surface area contributed by atoms with E-state index in [0.717, 1.165) is 11.1 Å². The number of hydrogen-bond acceptors (Lipinski definition) is 4. The fraction of sp³-hybridized carbons (Fsp3) is 0.267. The first-order chi connectivity index (χ1) is 9.90. The second kappa shape index (κ2) is 6.34. The molecule has 0 bridgehead atoms. The van der Waals surface area contributed by atoms with Crippen LogP contribution < -0.4 is 4.72 Å². The summed E-state index contributed by atoms with van der Waals surface area (Å²) in [6.07, 6.45) is 2.60. The average Bonchev–Trinajstić information content (AvgIpc) is 2.46. The van der Waals surface area contributed by atoms with Gasteiger partial charge in [0.2, 0.25) is 10.0 Å². The van der Waals surface area contributed by atoms with Crippen molar-refractivity contribution in [3.8, 4) is 0 Å². The van der Waals surface area contributed by atoms with Gasteiger partial charge in [-0.25, -0.2) is 13.1 Å². The Morgan fingerprint density at radius 1 is 1.33 bits per heavy atom. The highest BCUT2D eigenvalue weighted by Crippen LogP contribution is 2.17. The van der Waals surface area contributed by atoms with Crippen LogP contribution in [0.15, 0.2) is 47.6 Å². The summed E-state index contributed by atoms with van der Waals surface area (Å²) in [4.78, 5) is 4.13. The van der Waals surface area contributed by atoms with Crippen LogP contribution in [0, 0.1) is 6.92 Å². The Bertz CT molecular complexity index is 727. The molecule has 6 heteroatoms. The maximum absolute atomic E-state index is 12.3. The Kier molecular flexibility index (Phi) is 4.72. The molecule has 0 spiro atoms. The number of benzene rings is 1. The van der Waals surface area contributed by atoms with Crippen molar-refractivity contribution < 1.29 is 13.5 Å². The summed E-state index contributed by atoms with van der Waals surface area (Å²) in [6.45, 7) is 3.68. The molecule has 0 aliphatic heterocycles. The Morgan fingerprint density at radius 2 is 2.10 bits per heavy atom. The zero-order valence-electron chi connectivity index (χ0n) is 11.9. The molecule has 0 amide bonds. The molecule has 0 radical (unpaired) electrons. The lowest BCUT2D eigenvalue weighted by atomic mass is 10.1. The molecule has 21 heavy (non-hydrogen) atoms. The lowest BCUT2D eigenvalue weighted by molar-refractivity contribution is 0.199. The molecule has 0 aliphatic rings. The number of aliphatic hydroxyl groups is 1. The summed E-state index contributed by atoms with van der Waals surface area (Å²) in [6, 6.07) is 8.12. The molecule has 0 saturated heterocycles. The largest absolute Gasteiger partial charge is 0.389 e. The molecule has 2 N–H and O–H groups in total. The van der Waals surface area contributed by atoms with Crippen LogP contribution in [0.5, 0.6) is 0 Å². The minimum absolute atomic E-state index is 0.141. The van der Waals surface area contributed by atoms with Crippen LogP contribution in [-0.4, -0.2) is 18.5 Å². The zero-order valence-corrected chi connectivity index (χ0v) is 12.8. The third kappa shape index (κ3) is 3.87. The molecule has 0 fully saturated rings. The van der Waals surface area contributed by atoms with Crippen LogP contribution in [0.3, 0.4) is 0 Å². The Labute approximate surface area is 124 Å². The number of aliphatic hydroxyl groups excluding tert-OH is 1. The van der Waals surface area contributed by atoms with Crippen molar-refractivity contribution >= 4 is 10.0 Å². The van der Waals surface area contributed by atoms with Crippen LogP contribution in [0.25, 0.3) is 0 Å². The number of aryl methyl sites for hydroxylation is 1. The molecular weight excluding hydrogens is 288 g/mol. The Hall–Kier alpha value is -1.76. The van der Waals surface area contributed by atoms with Gasteiger partial charge in [-0.15, -0.1) is 0 Å². The molecular formula is C15H18N2O3S. The second-order valence-electron chi connectivity index (χ2n) is 4.88. The van der Waals surface area contributed by atoms with E-state index in [-0.39, 0.29) is 11.4 Å². The standard InChI is InChI=1S/C15H18N2O3S/c1-11-6-7-16-9-14(11)10-17-21(19,20)15-5-3-4-13(8-15)12(2)18/h3-9,12,17-18H,10H2,1-2H3. The fourth-order valence-corrected chi connectivity index (χ4v) is 2.94. The van der Waals surface area contributed by atoms with Crippen molar-refractivity contribution in [1.29, 1.82) is 0 Å². The number of aromatic nitrogens is 1. The summed E-state index contributed by atoms with van der Waals surface area (Å²) in [5.74, 6) is 0. The van der Waals surface area contributed by atoms with Gasteiger partial charge in [-0.2, -0.15) is 0 Å². The SMILES string of the molecule is Cc1ccncc1CNS(=O)(=O)c1cccc(C(C)O)c1. The fourth-order valence-electron chi connectivity index (χ4n) is 1.88. The lowest BCUT2D eigenvalue weighted by Crippen LogP contribution is -2.23. The first-order valence-electron chi connectivity index (χ1n) is 6.57. The molecule has 5 nitrogen and oxygen atoms in total. The average molecular weight is 306 g/mol. The van der Waals surface area contributed by atoms with Crippen LogP contribution in [0.4, 0.5) is 0 Å². The van der Waals surface area contributed by atoms with E-state index in [0.29, 0.717) is 5.56 Å². The van der Waals surface area contributed by atoms with Gasteiger partial charge in [0.25, 0.3) is 0 Å². The smallest absolute Gasteiger partial charge is 0.240 e. The van der Waals surface area contributed by atoms with Crippen LogP contribution in [0.1, 0.15) is 29.7 Å². The molecule has 1 atom stereocenters. The van der Waals surface area contributed by atoms with Crippen molar-refractivity contribution in [3.05, 3.63) is 59.4 Å². The van der Waals surface area contributed by atoms with Crippen molar-refractivity contribution in [2.75, 3.05) is 0 Å². The number of pyridine rings is 1. The maximum atomic E-state index is 12.3. The minimum atomic E-state index is -3.62. The Morgan fingerprint density at radius 3 is 2.76 bits per heavy atom. The van der Waals surface area contributed by atoms with E-state index in [4.69, 9.17) is 0 Å². The van der Waals surface area contributed by atoms with E-state index in [2.05, 4.69) is 9.71 Å². The van der Waals surface area contributed by atoms with E-state index in [1.807, 2.05) is 13.0 Å². The van der Waals surface area contributed by atoms with E-state index in [1.54, 1.807) is 31.5 Å². The molecule has 1 aromatic carbocycles. The van der Waals surface area contributed by atoms with Gasteiger partial charge < -0.3 is 5.11 Å². The van der Waals surface area contributed by atoms with Gasteiger partial charge in [0.15, 0.2) is 0 Å². The number of nitrogens with one attached hydrogen (secondary N) is 1. The third-order valence-electron chi connectivity index (χ3n) is 3.25. The van der Waals surface area contributed by atoms with Gasteiger partial charge in [0.05, 0.1) is 11.0 Å². The third-order valence-corrected chi connectivity index (χ3v) is 4.65. The van der Waals surface area contributed by atoms with Crippen molar-refractivity contribution in [3.63, 3.8) is 0 Å². The summed E-state index contributed by atoms with van der Waals surface area (Å²) < 4.78 is 27.1. The molecule has 0 aliphatic carbocycles. The van der Waals surface area contributed by atoms with Crippen molar-refractivity contribution in [2.45, 2.75) is 31.4 Å². The molecule has 112 valence electrons. The summed E-state index contributed by atoms with van der Waals surface area (Å²) >= 11 is 0. The highest BCUT2D eigenvalue weighted by Gasteiger charge is 2.15. The van der Waals surface area contributed by atoms with Gasteiger partial charge >= 0.3 is 0 Å². The number of rotatable bonds is 5. The second-order valence-corrected chi connectivity index (χ2v) is 6.64. The summed E-state index contributed by atoms with van der Waals surface area (Å²) in [7, 11) is -3.62. The predicted octanol–water partition coefficient (Wildman–Crippen LogP) is 1.92. The first kappa shape index (κ1) is 15.6. The van der Waals surface area contributed by atoms with Crippen LogP contribution in [0.2, 0.25) is 0 Å². The molecule has 2 rings (SSSR count). The zero-order chi connectivity index (χ0) is 15.5. The quantitative estimate of drug-likeness (QED) is 0.884. The molecule has 2 aromatic rings. The van der Waals surface area contributed by atoms with Gasteiger partial charge in [-0.05, 0) is 48.7 Å². The maximum Gasteiger partial charge on any atom is 0.240 e. The van der Waals surface area contributed by atoms with Crippen molar-refractivity contribution in [1.82, 2.24) is 9.71 Å². The highest BCUT2D eigenvalue weighted by molar-refractivity contribution is 7.89. The first-order valence-corrected chi connectivity index (χ1v) is 8.05. The molecule has 1 unspecified atom stereocenters. The van der Waals surface area contributed by atoms with E-state index in [1.165, 1.54) is 12.1 Å². The van der Waals surface area contributed by atoms with Gasteiger partial charge in [-0.1, -0.05) is 12.1 Å². The highest BCUT2D eigenvalue weighted by atomic mass is 32.2. The molecule has 1 aromatic heterocycles.